The second kappa shape index (κ2) is 14.0. The summed E-state index contributed by atoms with van der Waals surface area (Å²) in [7, 11) is 1.90. The zero-order valence-electron chi connectivity index (χ0n) is 18.6. The minimum absolute atomic E-state index is 0. The van der Waals surface area contributed by atoms with Gasteiger partial charge in [-0.05, 0) is 70.4 Å². The van der Waals surface area contributed by atoms with Gasteiger partial charge in [0.2, 0.25) is 0 Å². The average Bonchev–Trinajstić information content (AvgIpc) is 2.74. The van der Waals surface area contributed by atoms with Crippen molar-refractivity contribution in [2.45, 2.75) is 70.5 Å². The molecule has 3 rings (SSSR count). The molecule has 3 aliphatic rings. The van der Waals surface area contributed by atoms with E-state index in [-0.39, 0.29) is 24.0 Å². The van der Waals surface area contributed by atoms with Crippen molar-refractivity contribution in [1.82, 2.24) is 15.1 Å². The molecule has 1 N–H and O–H groups in total. The molecule has 29 heavy (non-hydrogen) atoms. The number of guanidine groups is 1. The van der Waals surface area contributed by atoms with Crippen LogP contribution in [-0.2, 0) is 9.47 Å². The molecule has 3 saturated heterocycles. The summed E-state index contributed by atoms with van der Waals surface area (Å²) in [6.07, 6.45) is 10.5. The number of likely N-dealkylation sites (tertiary alicyclic amines) is 2. The quantitative estimate of drug-likeness (QED) is 0.241. The first kappa shape index (κ1) is 25.1. The van der Waals surface area contributed by atoms with Gasteiger partial charge in [0.1, 0.15) is 0 Å². The van der Waals surface area contributed by atoms with Crippen LogP contribution in [-0.4, -0.2) is 87.5 Å². The normalized spacial score (nSPS) is 27.5. The SMILES string of the molecule is CN=C(NCCCN1CCCC(C)C1)N1CCC(OCC2CCCCO2)CC1.I. The van der Waals surface area contributed by atoms with Crippen molar-refractivity contribution in [2.24, 2.45) is 10.9 Å². The highest BCUT2D eigenvalue weighted by Gasteiger charge is 2.23. The largest absolute Gasteiger partial charge is 0.376 e. The molecule has 3 aliphatic heterocycles. The lowest BCUT2D eigenvalue weighted by Crippen LogP contribution is -2.47. The second-order valence-electron chi connectivity index (χ2n) is 8.88. The average molecular weight is 523 g/mol. The molecule has 0 aliphatic carbocycles. The molecule has 0 aromatic heterocycles. The predicted molar refractivity (Wildman–Crippen MR) is 130 cm³/mol. The van der Waals surface area contributed by atoms with Gasteiger partial charge in [0.25, 0.3) is 0 Å². The van der Waals surface area contributed by atoms with Gasteiger partial charge in [0, 0.05) is 39.8 Å². The van der Waals surface area contributed by atoms with Gasteiger partial charge >= 0.3 is 0 Å². The maximum absolute atomic E-state index is 6.14. The molecule has 0 saturated carbocycles. The summed E-state index contributed by atoms with van der Waals surface area (Å²) in [4.78, 5) is 9.52. The van der Waals surface area contributed by atoms with E-state index in [9.17, 15) is 0 Å². The number of hydrogen-bond donors (Lipinski definition) is 1. The Morgan fingerprint density at radius 1 is 1.10 bits per heavy atom. The number of halogens is 1. The molecule has 0 radical (unpaired) electrons. The summed E-state index contributed by atoms with van der Waals surface area (Å²) in [5, 5.41) is 3.58. The number of hydrogen-bond acceptors (Lipinski definition) is 4. The molecule has 0 aromatic rings. The fourth-order valence-electron chi connectivity index (χ4n) is 4.74. The van der Waals surface area contributed by atoms with Gasteiger partial charge < -0.3 is 24.6 Å². The van der Waals surface area contributed by atoms with Gasteiger partial charge in [-0.2, -0.15) is 0 Å². The summed E-state index contributed by atoms with van der Waals surface area (Å²) >= 11 is 0. The summed E-state index contributed by atoms with van der Waals surface area (Å²) in [5.74, 6) is 1.92. The Morgan fingerprint density at radius 2 is 1.93 bits per heavy atom. The molecule has 0 spiro atoms. The molecule has 0 aromatic carbocycles. The number of ether oxygens (including phenoxy) is 2. The molecule has 3 heterocycles. The van der Waals surface area contributed by atoms with E-state index in [0.29, 0.717) is 12.2 Å². The number of nitrogens with one attached hydrogen (secondary N) is 1. The minimum atomic E-state index is 0. The molecule has 6 nitrogen and oxygen atoms in total. The van der Waals surface area contributed by atoms with Gasteiger partial charge in [0.05, 0.1) is 18.8 Å². The van der Waals surface area contributed by atoms with Crippen molar-refractivity contribution < 1.29 is 9.47 Å². The Kier molecular flexibility index (Phi) is 12.2. The Balaban J connectivity index is 0.00000300. The molecule has 170 valence electrons. The van der Waals surface area contributed by atoms with Crippen LogP contribution in [0.1, 0.15) is 58.3 Å². The number of rotatable bonds is 7. The van der Waals surface area contributed by atoms with Gasteiger partial charge in [-0.1, -0.05) is 6.92 Å². The van der Waals surface area contributed by atoms with Crippen molar-refractivity contribution in [3.63, 3.8) is 0 Å². The maximum Gasteiger partial charge on any atom is 0.193 e. The minimum Gasteiger partial charge on any atom is -0.376 e. The number of nitrogens with zero attached hydrogens (tertiary/aromatic N) is 3. The van der Waals surface area contributed by atoms with Crippen LogP contribution in [0.3, 0.4) is 0 Å². The summed E-state index contributed by atoms with van der Waals surface area (Å²) < 4.78 is 11.9. The Bertz CT molecular complexity index is 466. The van der Waals surface area contributed by atoms with Crippen molar-refractivity contribution in [1.29, 1.82) is 0 Å². The third kappa shape index (κ3) is 8.87. The third-order valence-corrected chi connectivity index (χ3v) is 6.42. The van der Waals surface area contributed by atoms with E-state index in [1.165, 1.54) is 51.7 Å². The van der Waals surface area contributed by atoms with Crippen LogP contribution < -0.4 is 5.32 Å². The second-order valence-corrected chi connectivity index (χ2v) is 8.88. The zero-order valence-corrected chi connectivity index (χ0v) is 20.9. The van der Waals surface area contributed by atoms with E-state index >= 15 is 0 Å². The van der Waals surface area contributed by atoms with Crippen LogP contribution in [0.15, 0.2) is 4.99 Å². The fraction of sp³-hybridized carbons (Fsp3) is 0.955. The van der Waals surface area contributed by atoms with Gasteiger partial charge in [-0.3, -0.25) is 4.99 Å². The van der Waals surface area contributed by atoms with Crippen LogP contribution in [0.25, 0.3) is 0 Å². The molecule has 3 fully saturated rings. The topological polar surface area (TPSA) is 49.3 Å². The van der Waals surface area contributed by atoms with Gasteiger partial charge in [-0.25, -0.2) is 0 Å². The van der Waals surface area contributed by atoms with Crippen LogP contribution in [0.4, 0.5) is 0 Å². The Hall–Kier alpha value is -0.120. The van der Waals surface area contributed by atoms with E-state index in [1.807, 2.05) is 7.05 Å². The van der Waals surface area contributed by atoms with Gasteiger partial charge in [-0.15, -0.1) is 24.0 Å². The first-order valence-electron chi connectivity index (χ1n) is 11.7. The number of aliphatic imine (C=N–C) groups is 1. The first-order valence-corrected chi connectivity index (χ1v) is 11.7. The first-order chi connectivity index (χ1) is 13.7. The highest BCUT2D eigenvalue weighted by molar-refractivity contribution is 14.0. The van der Waals surface area contributed by atoms with E-state index in [2.05, 4.69) is 27.0 Å². The lowest BCUT2D eigenvalue weighted by atomic mass is 10.0. The Labute approximate surface area is 195 Å². The van der Waals surface area contributed by atoms with Crippen molar-refractivity contribution in [2.75, 3.05) is 59.5 Å². The zero-order chi connectivity index (χ0) is 19.6. The molecule has 2 atom stereocenters. The summed E-state index contributed by atoms with van der Waals surface area (Å²) in [5.41, 5.74) is 0. The monoisotopic (exact) mass is 522 g/mol. The van der Waals surface area contributed by atoms with Gasteiger partial charge in [0.15, 0.2) is 5.96 Å². The predicted octanol–water partition coefficient (Wildman–Crippen LogP) is 3.35. The summed E-state index contributed by atoms with van der Waals surface area (Å²) in [6.45, 7) is 10.9. The third-order valence-electron chi connectivity index (χ3n) is 6.42. The van der Waals surface area contributed by atoms with E-state index in [0.717, 1.165) is 64.0 Å². The standard InChI is InChI=1S/C22H42N4O2.HI/c1-19-7-5-12-25(17-19)13-6-11-24-22(23-2)26-14-9-20(10-15-26)28-18-21-8-3-4-16-27-21;/h19-21H,3-18H2,1-2H3,(H,23,24);1H. The van der Waals surface area contributed by atoms with Crippen molar-refractivity contribution in [3.05, 3.63) is 0 Å². The van der Waals surface area contributed by atoms with Crippen LogP contribution in [0.5, 0.6) is 0 Å². The fourth-order valence-corrected chi connectivity index (χ4v) is 4.74. The summed E-state index contributed by atoms with van der Waals surface area (Å²) in [6, 6.07) is 0. The lowest BCUT2D eigenvalue weighted by Gasteiger charge is -2.35. The molecular weight excluding hydrogens is 479 g/mol. The molecule has 7 heteroatoms. The molecule has 2 unspecified atom stereocenters. The van der Waals surface area contributed by atoms with Crippen LogP contribution in [0, 0.1) is 5.92 Å². The van der Waals surface area contributed by atoms with E-state index in [1.54, 1.807) is 0 Å². The van der Waals surface area contributed by atoms with E-state index in [4.69, 9.17) is 9.47 Å². The lowest BCUT2D eigenvalue weighted by molar-refractivity contribution is -0.0721. The number of piperidine rings is 2. The Morgan fingerprint density at radius 3 is 2.62 bits per heavy atom. The molecule has 0 bridgehead atoms. The highest BCUT2D eigenvalue weighted by atomic mass is 127. The van der Waals surface area contributed by atoms with Crippen molar-refractivity contribution >= 4 is 29.9 Å². The molecule has 0 amide bonds. The van der Waals surface area contributed by atoms with Crippen LogP contribution in [0.2, 0.25) is 0 Å². The maximum atomic E-state index is 6.14. The van der Waals surface area contributed by atoms with Crippen molar-refractivity contribution in [3.8, 4) is 0 Å². The smallest absolute Gasteiger partial charge is 0.193 e. The highest BCUT2D eigenvalue weighted by Crippen LogP contribution is 2.18. The van der Waals surface area contributed by atoms with Crippen LogP contribution >= 0.6 is 24.0 Å². The van der Waals surface area contributed by atoms with E-state index < -0.39 is 0 Å². The molecular formula is C22H43IN4O2.